The number of amides is 2. The Morgan fingerprint density at radius 3 is 2.39 bits per heavy atom. The number of anilines is 1. The normalized spacial score (nSPS) is 25.9. The number of halogens is 4. The molecule has 1 aliphatic heterocycles. The van der Waals surface area contributed by atoms with E-state index in [9.17, 15) is 37.5 Å². The summed E-state index contributed by atoms with van der Waals surface area (Å²) in [6, 6.07) is 9.65. The fourth-order valence-corrected chi connectivity index (χ4v) is 6.79. The average molecular weight is 628 g/mol. The summed E-state index contributed by atoms with van der Waals surface area (Å²) < 4.78 is 44.0. The van der Waals surface area contributed by atoms with Crippen molar-refractivity contribution < 1.29 is 42.2 Å². The molecule has 4 aliphatic rings. The van der Waals surface area contributed by atoms with Crippen LogP contribution in [0.15, 0.2) is 81.4 Å². The minimum absolute atomic E-state index is 0.000111. The van der Waals surface area contributed by atoms with Crippen LogP contribution in [0.2, 0.25) is 0 Å². The van der Waals surface area contributed by atoms with E-state index in [2.05, 4.69) is 20.7 Å². The lowest BCUT2D eigenvalue weighted by molar-refractivity contribution is -0.274. The molecule has 7 nitrogen and oxygen atoms in total. The lowest BCUT2D eigenvalue weighted by atomic mass is 9.59. The van der Waals surface area contributed by atoms with Crippen LogP contribution in [0.4, 0.5) is 18.9 Å². The zero-order valence-electron chi connectivity index (χ0n) is 21.4. The largest absolute Gasteiger partial charge is 0.573 e. The van der Waals surface area contributed by atoms with Crippen LogP contribution in [-0.4, -0.2) is 34.8 Å². The van der Waals surface area contributed by atoms with Crippen molar-refractivity contribution in [2.75, 3.05) is 4.90 Å². The summed E-state index contributed by atoms with van der Waals surface area (Å²) in [6.07, 6.45) is -1.94. The van der Waals surface area contributed by atoms with Crippen LogP contribution in [0, 0.1) is 17.8 Å². The van der Waals surface area contributed by atoms with Gasteiger partial charge in [0.1, 0.15) is 11.5 Å². The number of imide groups is 1. The van der Waals surface area contributed by atoms with Crippen molar-refractivity contribution in [3.05, 3.63) is 86.9 Å². The average Bonchev–Trinajstić information content (AvgIpc) is 3.17. The van der Waals surface area contributed by atoms with Crippen molar-refractivity contribution >= 4 is 45.0 Å². The number of carbonyl (C=O) groups excluding carboxylic acids is 4. The molecule has 4 atom stereocenters. The van der Waals surface area contributed by atoms with Crippen LogP contribution in [0.3, 0.4) is 0 Å². The highest BCUT2D eigenvalue weighted by atomic mass is 79.9. The van der Waals surface area contributed by atoms with Crippen molar-refractivity contribution in [1.82, 2.24) is 0 Å². The van der Waals surface area contributed by atoms with Crippen LogP contribution in [0.5, 0.6) is 11.5 Å². The first-order valence-corrected chi connectivity index (χ1v) is 13.6. The first-order valence-electron chi connectivity index (χ1n) is 12.8. The van der Waals surface area contributed by atoms with E-state index < -0.39 is 59.0 Å². The molecule has 2 aromatic carbocycles. The zero-order chi connectivity index (χ0) is 29.4. The van der Waals surface area contributed by atoms with Crippen LogP contribution in [0.25, 0.3) is 0 Å². The van der Waals surface area contributed by atoms with Gasteiger partial charge in [-0.2, -0.15) is 0 Å². The molecule has 0 aromatic heterocycles. The topological polar surface area (TPSA) is 101 Å². The maximum absolute atomic E-state index is 13.9. The fraction of sp³-hybridized carbons (Fsp3) is 0.267. The molecule has 1 N–H and O–H groups in total. The van der Waals surface area contributed by atoms with Gasteiger partial charge in [-0.1, -0.05) is 27.6 Å². The third kappa shape index (κ3) is 4.43. The van der Waals surface area contributed by atoms with Crippen molar-refractivity contribution in [3.8, 4) is 11.5 Å². The molecule has 210 valence electrons. The number of benzene rings is 2. The highest BCUT2D eigenvalue weighted by Crippen LogP contribution is 2.56. The number of hydrogen-bond donors (Lipinski definition) is 1. The predicted molar refractivity (Wildman–Crippen MR) is 143 cm³/mol. The van der Waals surface area contributed by atoms with Crippen LogP contribution in [0.1, 0.15) is 31.2 Å². The molecule has 4 unspecified atom stereocenters. The Kier molecular flexibility index (Phi) is 6.33. The molecule has 0 spiro atoms. The van der Waals surface area contributed by atoms with E-state index in [1.807, 2.05) is 0 Å². The Morgan fingerprint density at radius 2 is 1.71 bits per heavy atom. The number of phenols is 1. The summed E-state index contributed by atoms with van der Waals surface area (Å²) in [7, 11) is 0. The van der Waals surface area contributed by atoms with E-state index in [0.29, 0.717) is 11.3 Å². The van der Waals surface area contributed by atoms with E-state index in [4.69, 9.17) is 0 Å². The number of Topliss-reactive ketones (excluding diaryl/α,β-unsaturated/α-hetero) is 1. The molecule has 1 saturated heterocycles. The molecule has 0 radical (unpaired) electrons. The summed E-state index contributed by atoms with van der Waals surface area (Å²) in [5, 5.41) is 10.8. The van der Waals surface area contributed by atoms with Gasteiger partial charge in [-0.15, -0.1) is 13.2 Å². The van der Waals surface area contributed by atoms with Gasteiger partial charge >= 0.3 is 6.36 Å². The molecule has 11 heteroatoms. The first kappa shape index (κ1) is 27.2. The third-order valence-corrected chi connectivity index (χ3v) is 8.72. The molecule has 41 heavy (non-hydrogen) atoms. The molecule has 1 heterocycles. The SMILES string of the molecule is CC1=CC(=O)C2=C(C1=O)C(c1cc(OC(F)(F)F)ccc1O)C1=CCC3C(=O)N(c4ccc(Br)cc4)C(=O)C3C1C2. The van der Waals surface area contributed by atoms with Gasteiger partial charge in [-0.25, -0.2) is 0 Å². The van der Waals surface area contributed by atoms with Gasteiger partial charge in [-0.05, 0) is 74.2 Å². The van der Waals surface area contributed by atoms with E-state index in [1.165, 1.54) is 13.0 Å². The lowest BCUT2D eigenvalue weighted by Gasteiger charge is -2.42. The van der Waals surface area contributed by atoms with Crippen LogP contribution >= 0.6 is 15.9 Å². The van der Waals surface area contributed by atoms with Gasteiger partial charge in [0.05, 0.1) is 17.5 Å². The second-order valence-electron chi connectivity index (χ2n) is 10.5. The molecule has 1 fully saturated rings. The Bertz CT molecular complexity index is 1640. The summed E-state index contributed by atoms with van der Waals surface area (Å²) in [6.45, 7) is 1.47. The minimum Gasteiger partial charge on any atom is -0.508 e. The smallest absolute Gasteiger partial charge is 0.508 e. The Labute approximate surface area is 240 Å². The van der Waals surface area contributed by atoms with Crippen molar-refractivity contribution in [3.63, 3.8) is 0 Å². The number of nitrogens with zero attached hydrogens (tertiary/aromatic N) is 1. The number of ketones is 2. The Balaban J connectivity index is 1.49. The summed E-state index contributed by atoms with van der Waals surface area (Å²) in [4.78, 5) is 55.2. The van der Waals surface area contributed by atoms with Crippen LogP contribution < -0.4 is 9.64 Å². The Hall–Kier alpha value is -3.99. The zero-order valence-corrected chi connectivity index (χ0v) is 23.0. The maximum atomic E-state index is 13.9. The van der Waals surface area contributed by atoms with Gasteiger partial charge < -0.3 is 9.84 Å². The van der Waals surface area contributed by atoms with Gasteiger partial charge in [0.15, 0.2) is 11.6 Å². The number of ether oxygens (including phenoxy) is 1. The Morgan fingerprint density at radius 1 is 1.00 bits per heavy atom. The molecule has 2 aromatic rings. The number of hydrogen-bond acceptors (Lipinski definition) is 6. The monoisotopic (exact) mass is 627 g/mol. The fourth-order valence-electron chi connectivity index (χ4n) is 6.52. The summed E-state index contributed by atoms with van der Waals surface area (Å²) in [5.41, 5.74) is 1.16. The van der Waals surface area contributed by atoms with E-state index in [1.54, 1.807) is 30.3 Å². The maximum Gasteiger partial charge on any atom is 0.573 e. The second kappa shape index (κ2) is 9.54. The second-order valence-corrected chi connectivity index (χ2v) is 11.4. The van der Waals surface area contributed by atoms with Gasteiger partial charge in [0.2, 0.25) is 11.8 Å². The summed E-state index contributed by atoms with van der Waals surface area (Å²) in [5.74, 6) is -6.20. The minimum atomic E-state index is -5.01. The van der Waals surface area contributed by atoms with E-state index >= 15 is 0 Å². The van der Waals surface area contributed by atoms with E-state index in [-0.39, 0.29) is 41.0 Å². The number of phenolic OH excluding ortho intramolecular Hbond substituents is 1. The summed E-state index contributed by atoms with van der Waals surface area (Å²) >= 11 is 3.34. The third-order valence-electron chi connectivity index (χ3n) is 8.19. The van der Waals surface area contributed by atoms with Crippen molar-refractivity contribution in [2.45, 2.75) is 32.0 Å². The number of aromatic hydroxyl groups is 1. The number of carbonyl (C=O) groups is 4. The number of alkyl halides is 3. The van der Waals surface area contributed by atoms with Gasteiger partial charge in [0.25, 0.3) is 0 Å². The highest BCUT2D eigenvalue weighted by molar-refractivity contribution is 9.10. The molecule has 0 bridgehead atoms. The predicted octanol–water partition coefficient (Wildman–Crippen LogP) is 5.69. The number of fused-ring (bicyclic) bond motifs is 3. The first-order chi connectivity index (χ1) is 19.4. The number of rotatable bonds is 3. The molecular weight excluding hydrogens is 607 g/mol. The highest BCUT2D eigenvalue weighted by Gasteiger charge is 2.57. The number of allylic oxidation sites excluding steroid dienone is 6. The molecule has 2 amide bonds. The molecule has 0 saturated carbocycles. The quantitative estimate of drug-likeness (QED) is 0.267. The molecular formula is C30H21BrF3NO6. The standard InChI is InChI=1S/C30H21BrF3NO6/c1-13-10-23(37)21-12-19-17(7-8-18-25(19)29(40)35(28(18)39)15-4-2-14(31)3-5-15)24(26(21)27(13)38)20-11-16(6-9-22(20)36)41-30(32,33)34/h2-7,9-11,18-19,24-25,36H,8,12H2,1H3. The van der Waals surface area contributed by atoms with E-state index in [0.717, 1.165) is 27.6 Å². The lowest BCUT2D eigenvalue weighted by Crippen LogP contribution is -2.39. The van der Waals surface area contributed by atoms with Crippen LogP contribution in [-0.2, 0) is 19.2 Å². The molecule has 6 rings (SSSR count). The van der Waals surface area contributed by atoms with Gasteiger partial charge in [-0.3, -0.25) is 24.1 Å². The van der Waals surface area contributed by atoms with Crippen molar-refractivity contribution in [1.29, 1.82) is 0 Å². The van der Waals surface area contributed by atoms with Crippen molar-refractivity contribution in [2.24, 2.45) is 17.8 Å². The molecule has 3 aliphatic carbocycles. The van der Waals surface area contributed by atoms with Gasteiger partial charge in [0, 0.05) is 32.7 Å².